The second-order valence-electron chi connectivity index (χ2n) is 4.56. The smallest absolute Gasteiger partial charge is 0.106 e. The molecule has 0 saturated heterocycles. The quantitative estimate of drug-likeness (QED) is 0.764. The van der Waals surface area contributed by atoms with Crippen molar-refractivity contribution in [2.24, 2.45) is 11.7 Å². The Morgan fingerprint density at radius 1 is 1.39 bits per heavy atom. The van der Waals surface area contributed by atoms with Gasteiger partial charge in [-0.05, 0) is 31.0 Å². The summed E-state index contributed by atoms with van der Waals surface area (Å²) in [6.45, 7) is 6.66. The molecule has 1 unspecified atom stereocenters. The third kappa shape index (κ3) is 3.95. The van der Waals surface area contributed by atoms with Crippen molar-refractivity contribution in [3.63, 3.8) is 0 Å². The van der Waals surface area contributed by atoms with E-state index in [-0.39, 0.29) is 0 Å². The monoisotopic (exact) mass is 328 g/mol. The molecule has 0 aliphatic rings. The Balaban J connectivity index is 2.95. The van der Waals surface area contributed by atoms with Gasteiger partial charge in [-0.3, -0.25) is 0 Å². The fraction of sp³-hybridized carbons (Fsp3) is 0.500. The van der Waals surface area contributed by atoms with E-state index in [0.717, 1.165) is 15.7 Å². The number of rotatable bonds is 6. The molecule has 0 spiro atoms. The van der Waals surface area contributed by atoms with E-state index >= 15 is 0 Å². The van der Waals surface area contributed by atoms with E-state index < -0.39 is 0 Å². The molecule has 0 aliphatic carbocycles. The summed E-state index contributed by atoms with van der Waals surface area (Å²) in [5.41, 5.74) is 7.68. The third-order valence-electron chi connectivity index (χ3n) is 3.39. The topological polar surface area (TPSA) is 38.0 Å². The Bertz CT molecular complexity index is 416. The Kier molecular flexibility index (Phi) is 6.09. The van der Waals surface area contributed by atoms with Gasteiger partial charge in [-0.15, -0.1) is 0 Å². The Morgan fingerprint density at radius 3 is 2.50 bits per heavy atom. The maximum Gasteiger partial charge on any atom is 0.106 e. The lowest BCUT2D eigenvalue weighted by atomic mass is 9.95. The van der Waals surface area contributed by atoms with Gasteiger partial charge in [0.1, 0.15) is 4.99 Å². The standard InChI is InChI=1S/C14H21BrN2S/c1-4-10(5-2)9(3)17-13-8-11(15)6-7-12(13)14(16)18/h6-10,17H,4-5H2,1-3H3,(H2,16,18). The van der Waals surface area contributed by atoms with Crippen LogP contribution in [0.3, 0.4) is 0 Å². The Labute approximate surface area is 123 Å². The van der Waals surface area contributed by atoms with Crippen LogP contribution in [0.25, 0.3) is 0 Å². The molecule has 0 aliphatic heterocycles. The van der Waals surface area contributed by atoms with Crippen LogP contribution in [0, 0.1) is 5.92 Å². The molecule has 0 heterocycles. The van der Waals surface area contributed by atoms with Crippen molar-refractivity contribution >= 4 is 38.8 Å². The molecular weight excluding hydrogens is 308 g/mol. The van der Waals surface area contributed by atoms with Gasteiger partial charge >= 0.3 is 0 Å². The highest BCUT2D eigenvalue weighted by molar-refractivity contribution is 9.10. The second-order valence-corrected chi connectivity index (χ2v) is 5.92. The number of hydrogen-bond acceptors (Lipinski definition) is 2. The molecule has 2 nitrogen and oxygen atoms in total. The molecule has 1 atom stereocenters. The largest absolute Gasteiger partial charge is 0.389 e. The average Bonchev–Trinajstić information content (AvgIpc) is 2.30. The van der Waals surface area contributed by atoms with Crippen LogP contribution < -0.4 is 11.1 Å². The summed E-state index contributed by atoms with van der Waals surface area (Å²) in [4.78, 5) is 0.432. The number of nitrogens with one attached hydrogen (secondary N) is 1. The van der Waals surface area contributed by atoms with Gasteiger partial charge in [-0.25, -0.2) is 0 Å². The van der Waals surface area contributed by atoms with Crippen molar-refractivity contribution in [2.75, 3.05) is 5.32 Å². The molecule has 18 heavy (non-hydrogen) atoms. The van der Waals surface area contributed by atoms with Crippen LogP contribution in [-0.2, 0) is 0 Å². The van der Waals surface area contributed by atoms with Crippen molar-refractivity contribution in [3.8, 4) is 0 Å². The van der Waals surface area contributed by atoms with Crippen LogP contribution in [-0.4, -0.2) is 11.0 Å². The third-order valence-corrected chi connectivity index (χ3v) is 4.10. The van der Waals surface area contributed by atoms with E-state index in [2.05, 4.69) is 42.0 Å². The van der Waals surface area contributed by atoms with Gasteiger partial charge in [0.25, 0.3) is 0 Å². The van der Waals surface area contributed by atoms with Crippen LogP contribution >= 0.6 is 28.1 Å². The summed E-state index contributed by atoms with van der Waals surface area (Å²) in [5.74, 6) is 0.656. The zero-order chi connectivity index (χ0) is 13.7. The van der Waals surface area contributed by atoms with Crippen LogP contribution in [0.2, 0.25) is 0 Å². The molecule has 0 amide bonds. The number of anilines is 1. The first-order valence-electron chi connectivity index (χ1n) is 6.35. The highest BCUT2D eigenvalue weighted by atomic mass is 79.9. The van der Waals surface area contributed by atoms with Crippen molar-refractivity contribution in [3.05, 3.63) is 28.2 Å². The molecule has 1 aromatic rings. The lowest BCUT2D eigenvalue weighted by Gasteiger charge is -2.25. The van der Waals surface area contributed by atoms with Crippen molar-refractivity contribution < 1.29 is 0 Å². The molecule has 0 fully saturated rings. The SMILES string of the molecule is CCC(CC)C(C)Nc1cc(Br)ccc1C(N)=S. The predicted octanol–water partition coefficient (Wildman–Crippen LogP) is 4.32. The first kappa shape index (κ1) is 15.4. The van der Waals surface area contributed by atoms with Gasteiger partial charge in [0.2, 0.25) is 0 Å². The van der Waals surface area contributed by atoms with E-state index in [1.54, 1.807) is 0 Å². The van der Waals surface area contributed by atoms with Gasteiger partial charge in [-0.2, -0.15) is 0 Å². The summed E-state index contributed by atoms with van der Waals surface area (Å²) in [6, 6.07) is 6.35. The van der Waals surface area contributed by atoms with Crippen LogP contribution in [0.15, 0.2) is 22.7 Å². The van der Waals surface area contributed by atoms with E-state index in [4.69, 9.17) is 18.0 Å². The minimum atomic E-state index is 0.405. The van der Waals surface area contributed by atoms with Gasteiger partial charge in [-0.1, -0.05) is 54.8 Å². The molecule has 3 N–H and O–H groups in total. The van der Waals surface area contributed by atoms with Crippen LogP contribution in [0.4, 0.5) is 5.69 Å². The van der Waals surface area contributed by atoms with E-state index in [1.807, 2.05) is 18.2 Å². The predicted molar refractivity (Wildman–Crippen MR) is 87.2 cm³/mol. The lowest BCUT2D eigenvalue weighted by molar-refractivity contribution is 0.438. The molecule has 100 valence electrons. The summed E-state index contributed by atoms with van der Waals surface area (Å²) in [7, 11) is 0. The zero-order valence-corrected chi connectivity index (χ0v) is 13.6. The van der Waals surface area contributed by atoms with E-state index in [0.29, 0.717) is 16.9 Å². The molecule has 1 aromatic carbocycles. The first-order valence-corrected chi connectivity index (χ1v) is 7.55. The average molecular weight is 329 g/mol. The van der Waals surface area contributed by atoms with Crippen molar-refractivity contribution in [1.29, 1.82) is 0 Å². The number of nitrogens with two attached hydrogens (primary N) is 1. The van der Waals surface area contributed by atoms with Gasteiger partial charge < -0.3 is 11.1 Å². The second kappa shape index (κ2) is 7.10. The van der Waals surface area contributed by atoms with Gasteiger partial charge in [0, 0.05) is 21.8 Å². The van der Waals surface area contributed by atoms with Crippen molar-refractivity contribution in [1.82, 2.24) is 0 Å². The van der Waals surface area contributed by atoms with E-state index in [9.17, 15) is 0 Å². The highest BCUT2D eigenvalue weighted by Gasteiger charge is 2.15. The highest BCUT2D eigenvalue weighted by Crippen LogP contribution is 2.25. The summed E-state index contributed by atoms with van der Waals surface area (Å²) < 4.78 is 1.03. The number of thiocarbonyl (C=S) groups is 1. The molecule has 4 heteroatoms. The number of halogens is 1. The van der Waals surface area contributed by atoms with Gasteiger partial charge in [0.05, 0.1) is 0 Å². The van der Waals surface area contributed by atoms with Crippen LogP contribution in [0.1, 0.15) is 39.2 Å². The molecule has 0 radical (unpaired) electrons. The van der Waals surface area contributed by atoms with Gasteiger partial charge in [0.15, 0.2) is 0 Å². The minimum absolute atomic E-state index is 0.405. The fourth-order valence-corrected chi connectivity index (χ4v) is 2.75. The molecule has 0 aromatic heterocycles. The maximum absolute atomic E-state index is 5.76. The lowest BCUT2D eigenvalue weighted by Crippen LogP contribution is -2.26. The maximum atomic E-state index is 5.76. The normalized spacial score (nSPS) is 12.5. The molecule has 1 rings (SSSR count). The molecular formula is C14H21BrN2S. The first-order chi connectivity index (χ1) is 8.49. The minimum Gasteiger partial charge on any atom is -0.389 e. The number of hydrogen-bond donors (Lipinski definition) is 2. The Hall–Kier alpha value is -0.610. The zero-order valence-electron chi connectivity index (χ0n) is 11.2. The van der Waals surface area contributed by atoms with E-state index in [1.165, 1.54) is 12.8 Å². The molecule has 0 bridgehead atoms. The summed E-state index contributed by atoms with van der Waals surface area (Å²) in [6.07, 6.45) is 2.34. The molecule has 0 saturated carbocycles. The fourth-order valence-electron chi connectivity index (χ4n) is 2.21. The number of benzene rings is 1. The summed E-state index contributed by atoms with van der Waals surface area (Å²) in [5, 5.41) is 3.54. The summed E-state index contributed by atoms with van der Waals surface area (Å²) >= 11 is 8.57. The van der Waals surface area contributed by atoms with Crippen LogP contribution in [0.5, 0.6) is 0 Å². The van der Waals surface area contributed by atoms with Crippen molar-refractivity contribution in [2.45, 2.75) is 39.7 Å². The Morgan fingerprint density at radius 2 is 2.00 bits per heavy atom.